The quantitative estimate of drug-likeness (QED) is 0.781. The first-order chi connectivity index (χ1) is 12.8. The monoisotopic (exact) mass is 398 g/mol. The van der Waals surface area contributed by atoms with Crippen molar-refractivity contribution in [3.05, 3.63) is 45.9 Å². The van der Waals surface area contributed by atoms with Gasteiger partial charge in [0, 0.05) is 17.0 Å². The van der Waals surface area contributed by atoms with E-state index in [9.17, 15) is 18.0 Å². The fraction of sp³-hybridized carbons (Fsp3) is 0.474. The van der Waals surface area contributed by atoms with Gasteiger partial charge in [-0.1, -0.05) is 12.5 Å². The van der Waals surface area contributed by atoms with Crippen LogP contribution in [0.3, 0.4) is 0 Å². The van der Waals surface area contributed by atoms with Gasteiger partial charge >= 0.3 is 6.18 Å². The minimum absolute atomic E-state index is 0.0609. The Hall–Kier alpha value is -2.09. The fourth-order valence-electron chi connectivity index (χ4n) is 3.25. The van der Waals surface area contributed by atoms with Crippen LogP contribution in [0.5, 0.6) is 5.75 Å². The maximum absolute atomic E-state index is 12.9. The van der Waals surface area contributed by atoms with Crippen molar-refractivity contribution >= 4 is 17.2 Å². The first kappa shape index (κ1) is 19.7. The number of ether oxygens (including phenoxy) is 1. The summed E-state index contributed by atoms with van der Waals surface area (Å²) in [6, 6.07) is 6.19. The average molecular weight is 398 g/mol. The van der Waals surface area contributed by atoms with E-state index in [1.54, 1.807) is 24.3 Å². The number of thiazole rings is 1. The highest BCUT2D eigenvalue weighted by molar-refractivity contribution is 7.09. The molecule has 2 atom stereocenters. The van der Waals surface area contributed by atoms with E-state index in [1.807, 2.05) is 12.3 Å². The summed E-state index contributed by atoms with van der Waals surface area (Å²) in [5.74, 6) is -1.20. The summed E-state index contributed by atoms with van der Waals surface area (Å²) in [5, 5.41) is 5.60. The standard InChI is InChI=1S/C19H21F3N2O2S/c1-12-23-16(11-27-12)10-26-17-7-2-4-13(8-17)18(25)24-15-6-3-5-14(9-15)19(20,21)22/h2,4,7-8,11,14-15H,3,5-6,9-10H2,1H3,(H,24,25). The molecule has 1 aromatic heterocycles. The third kappa shape index (κ3) is 5.45. The van der Waals surface area contributed by atoms with Crippen LogP contribution in [0.4, 0.5) is 13.2 Å². The summed E-state index contributed by atoms with van der Waals surface area (Å²) in [6.45, 7) is 2.21. The molecule has 1 saturated carbocycles. The van der Waals surface area contributed by atoms with Gasteiger partial charge in [0.2, 0.25) is 0 Å². The normalized spacial score (nSPS) is 20.3. The van der Waals surface area contributed by atoms with Gasteiger partial charge in [-0.05, 0) is 44.4 Å². The second-order valence-corrected chi connectivity index (χ2v) is 7.81. The van der Waals surface area contributed by atoms with Crippen molar-refractivity contribution in [2.24, 2.45) is 5.92 Å². The number of alkyl halides is 3. The van der Waals surface area contributed by atoms with E-state index in [4.69, 9.17) is 4.74 Å². The highest BCUT2D eigenvalue weighted by atomic mass is 32.1. The molecule has 1 amide bonds. The third-order valence-corrected chi connectivity index (χ3v) is 5.44. The topological polar surface area (TPSA) is 51.2 Å². The number of nitrogens with zero attached hydrogens (tertiary/aromatic N) is 1. The highest BCUT2D eigenvalue weighted by Crippen LogP contribution is 2.37. The van der Waals surface area contributed by atoms with Gasteiger partial charge in [-0.15, -0.1) is 11.3 Å². The van der Waals surface area contributed by atoms with Gasteiger partial charge in [-0.25, -0.2) is 4.98 Å². The van der Waals surface area contributed by atoms with Crippen LogP contribution in [0.2, 0.25) is 0 Å². The lowest BCUT2D eigenvalue weighted by Crippen LogP contribution is -2.41. The molecule has 3 rings (SSSR count). The molecule has 0 saturated heterocycles. The Balaban J connectivity index is 1.58. The van der Waals surface area contributed by atoms with Crippen molar-refractivity contribution in [1.29, 1.82) is 0 Å². The summed E-state index contributed by atoms with van der Waals surface area (Å²) in [6.07, 6.45) is -3.10. The molecule has 8 heteroatoms. The molecular formula is C19H21F3N2O2S. The number of halogens is 3. The smallest absolute Gasteiger partial charge is 0.391 e. The van der Waals surface area contributed by atoms with Crippen molar-refractivity contribution in [2.75, 3.05) is 0 Å². The van der Waals surface area contributed by atoms with E-state index in [0.29, 0.717) is 30.8 Å². The molecule has 1 fully saturated rings. The number of rotatable bonds is 5. The lowest BCUT2D eigenvalue weighted by molar-refractivity contribution is -0.183. The van der Waals surface area contributed by atoms with E-state index in [-0.39, 0.29) is 18.7 Å². The number of hydrogen-bond donors (Lipinski definition) is 1. The van der Waals surface area contributed by atoms with Gasteiger partial charge in [0.05, 0.1) is 16.6 Å². The molecule has 4 nitrogen and oxygen atoms in total. The number of aryl methyl sites for hydroxylation is 1. The van der Waals surface area contributed by atoms with Crippen molar-refractivity contribution in [1.82, 2.24) is 10.3 Å². The number of amides is 1. The van der Waals surface area contributed by atoms with Crippen LogP contribution in [0.1, 0.15) is 46.7 Å². The maximum atomic E-state index is 12.9. The number of carbonyl (C=O) groups is 1. The van der Waals surface area contributed by atoms with Gasteiger partial charge in [-0.2, -0.15) is 13.2 Å². The SMILES string of the molecule is Cc1nc(COc2cccc(C(=O)NC3CCCC(C(F)(F)F)C3)c2)cs1. The lowest BCUT2D eigenvalue weighted by Gasteiger charge is -2.31. The number of benzene rings is 1. The molecule has 0 spiro atoms. The van der Waals surface area contributed by atoms with E-state index in [0.717, 1.165) is 10.7 Å². The minimum atomic E-state index is -4.20. The van der Waals surface area contributed by atoms with Crippen molar-refractivity contribution in [2.45, 2.75) is 51.4 Å². The highest BCUT2D eigenvalue weighted by Gasteiger charge is 2.42. The second kappa shape index (κ2) is 8.29. The summed E-state index contributed by atoms with van der Waals surface area (Å²) in [7, 11) is 0. The van der Waals surface area contributed by atoms with Crippen LogP contribution in [-0.4, -0.2) is 23.1 Å². The van der Waals surface area contributed by atoms with Gasteiger partial charge in [0.25, 0.3) is 5.91 Å². The van der Waals surface area contributed by atoms with Crippen LogP contribution >= 0.6 is 11.3 Å². The molecule has 0 radical (unpaired) electrons. The summed E-state index contributed by atoms with van der Waals surface area (Å²) in [4.78, 5) is 16.8. The van der Waals surface area contributed by atoms with Crippen LogP contribution in [-0.2, 0) is 6.61 Å². The second-order valence-electron chi connectivity index (χ2n) is 6.75. The number of carbonyl (C=O) groups excluding carboxylic acids is 1. The molecule has 1 aliphatic carbocycles. The zero-order valence-electron chi connectivity index (χ0n) is 14.9. The van der Waals surface area contributed by atoms with E-state index >= 15 is 0 Å². The van der Waals surface area contributed by atoms with E-state index in [2.05, 4.69) is 10.3 Å². The first-order valence-corrected chi connectivity index (χ1v) is 9.70. The largest absolute Gasteiger partial charge is 0.487 e. The van der Waals surface area contributed by atoms with Gasteiger partial charge in [0.1, 0.15) is 12.4 Å². The van der Waals surface area contributed by atoms with Crippen LogP contribution in [0.25, 0.3) is 0 Å². The zero-order chi connectivity index (χ0) is 19.4. The molecule has 2 unspecified atom stereocenters. The molecule has 1 aliphatic rings. The third-order valence-electron chi connectivity index (χ3n) is 4.62. The lowest BCUT2D eigenvalue weighted by atomic mass is 9.85. The number of nitrogens with one attached hydrogen (secondary N) is 1. The number of aromatic nitrogens is 1. The van der Waals surface area contributed by atoms with Crippen molar-refractivity contribution < 1.29 is 22.7 Å². The average Bonchev–Trinajstić information content (AvgIpc) is 3.05. The molecule has 1 aromatic carbocycles. The molecule has 2 aromatic rings. The minimum Gasteiger partial charge on any atom is -0.487 e. The summed E-state index contributed by atoms with van der Waals surface area (Å²) >= 11 is 1.53. The predicted octanol–water partition coefficient (Wildman–Crippen LogP) is 4.88. The summed E-state index contributed by atoms with van der Waals surface area (Å²) < 4.78 is 44.4. The molecule has 0 aliphatic heterocycles. The molecule has 1 heterocycles. The summed E-state index contributed by atoms with van der Waals surface area (Å²) in [5.41, 5.74) is 1.18. The Kier molecular flexibility index (Phi) is 6.04. The Morgan fingerprint density at radius 2 is 2.19 bits per heavy atom. The van der Waals surface area contributed by atoms with Gasteiger partial charge in [-0.3, -0.25) is 4.79 Å². The van der Waals surface area contributed by atoms with Crippen LogP contribution in [0.15, 0.2) is 29.6 Å². The zero-order valence-corrected chi connectivity index (χ0v) is 15.7. The Bertz CT molecular complexity index is 791. The molecule has 146 valence electrons. The van der Waals surface area contributed by atoms with Crippen LogP contribution in [0, 0.1) is 12.8 Å². The molecular weight excluding hydrogens is 377 g/mol. The van der Waals surface area contributed by atoms with E-state index < -0.39 is 18.1 Å². The molecule has 1 N–H and O–H groups in total. The fourth-order valence-corrected chi connectivity index (χ4v) is 3.84. The Morgan fingerprint density at radius 1 is 1.37 bits per heavy atom. The molecule has 0 bridgehead atoms. The van der Waals surface area contributed by atoms with E-state index in [1.165, 1.54) is 11.3 Å². The van der Waals surface area contributed by atoms with Gasteiger partial charge < -0.3 is 10.1 Å². The Labute approximate surface area is 159 Å². The molecule has 27 heavy (non-hydrogen) atoms. The van der Waals surface area contributed by atoms with Crippen molar-refractivity contribution in [3.8, 4) is 5.75 Å². The number of hydrogen-bond acceptors (Lipinski definition) is 4. The maximum Gasteiger partial charge on any atom is 0.391 e. The first-order valence-electron chi connectivity index (χ1n) is 8.82. The predicted molar refractivity (Wildman–Crippen MR) is 96.9 cm³/mol. The Morgan fingerprint density at radius 3 is 2.89 bits per heavy atom. The van der Waals surface area contributed by atoms with Crippen molar-refractivity contribution in [3.63, 3.8) is 0 Å². The van der Waals surface area contributed by atoms with Gasteiger partial charge in [0.15, 0.2) is 0 Å². The van der Waals surface area contributed by atoms with Crippen LogP contribution < -0.4 is 10.1 Å².